The van der Waals surface area contributed by atoms with Gasteiger partial charge in [-0.25, -0.2) is 9.97 Å². The van der Waals surface area contributed by atoms with Crippen LogP contribution in [0.25, 0.3) is 11.5 Å². The fraction of sp³-hybridized carbons (Fsp3) is 0.250. The molecule has 0 aromatic carbocycles. The second-order valence-electron chi connectivity index (χ2n) is 5.47. The lowest BCUT2D eigenvalue weighted by Gasteiger charge is -2.24. The molecule has 7 heteroatoms. The maximum atomic E-state index is 12.5. The number of hydrogen-bond donors (Lipinski definition) is 0. The van der Waals surface area contributed by atoms with Gasteiger partial charge in [-0.05, 0) is 12.1 Å². The number of fused-ring (bicyclic) bond motifs is 1. The molecule has 0 saturated heterocycles. The summed E-state index contributed by atoms with van der Waals surface area (Å²) in [4.78, 5) is 27.0. The second-order valence-corrected chi connectivity index (χ2v) is 5.47. The second kappa shape index (κ2) is 5.35. The van der Waals surface area contributed by atoms with Crippen molar-refractivity contribution in [3.05, 3.63) is 54.2 Å². The highest BCUT2D eigenvalue weighted by Crippen LogP contribution is 2.26. The van der Waals surface area contributed by atoms with Gasteiger partial charge in [-0.3, -0.25) is 9.78 Å². The normalized spacial score (nSPS) is 13.9. The first-order chi connectivity index (χ1) is 11.2. The number of amides is 1. The zero-order chi connectivity index (χ0) is 15.8. The van der Waals surface area contributed by atoms with Crippen LogP contribution in [0.15, 0.2) is 41.3 Å². The fourth-order valence-electron chi connectivity index (χ4n) is 2.70. The summed E-state index contributed by atoms with van der Waals surface area (Å²) in [5, 5.41) is 0. The number of imidazole rings is 1. The average Bonchev–Trinajstić information content (AvgIpc) is 3.20. The Morgan fingerprint density at radius 3 is 3.00 bits per heavy atom. The molecule has 4 rings (SSSR count). The lowest BCUT2D eigenvalue weighted by atomic mass is 10.1. The van der Waals surface area contributed by atoms with E-state index >= 15 is 0 Å². The molecule has 0 bridgehead atoms. The number of nitrogens with zero attached hydrogens (tertiary/aromatic N) is 5. The van der Waals surface area contributed by atoms with E-state index in [0.29, 0.717) is 31.2 Å². The minimum absolute atomic E-state index is 0.0888. The number of pyridine rings is 1. The average molecular weight is 309 g/mol. The van der Waals surface area contributed by atoms with Crippen LogP contribution in [0.3, 0.4) is 0 Å². The summed E-state index contributed by atoms with van der Waals surface area (Å²) >= 11 is 0. The minimum Gasteiger partial charge on any atom is -0.441 e. The molecule has 1 aliphatic rings. The van der Waals surface area contributed by atoms with Crippen LogP contribution >= 0.6 is 0 Å². The molecule has 0 unspecified atom stereocenters. The number of aromatic nitrogens is 4. The standard InChI is InChI=1S/C16H15N5O2/c1-20-8-6-18-14(20)16(22)21-7-4-13-12(10-21)19-15(23-13)11-3-2-5-17-9-11/h2-3,5-6,8-9H,4,7,10H2,1H3. The zero-order valence-electron chi connectivity index (χ0n) is 12.6. The summed E-state index contributed by atoms with van der Waals surface area (Å²) in [5.41, 5.74) is 1.64. The highest BCUT2D eigenvalue weighted by molar-refractivity contribution is 5.90. The molecule has 0 saturated carbocycles. The van der Waals surface area contributed by atoms with Gasteiger partial charge in [-0.2, -0.15) is 0 Å². The Balaban J connectivity index is 1.59. The Morgan fingerprint density at radius 1 is 1.35 bits per heavy atom. The third-order valence-corrected chi connectivity index (χ3v) is 3.94. The van der Waals surface area contributed by atoms with E-state index in [1.54, 1.807) is 34.3 Å². The molecule has 3 aromatic rings. The van der Waals surface area contributed by atoms with E-state index in [2.05, 4.69) is 15.0 Å². The first-order valence-electron chi connectivity index (χ1n) is 7.38. The van der Waals surface area contributed by atoms with Crippen molar-refractivity contribution in [3.8, 4) is 11.5 Å². The molecule has 23 heavy (non-hydrogen) atoms. The maximum Gasteiger partial charge on any atom is 0.290 e. The number of oxazole rings is 1. The lowest BCUT2D eigenvalue weighted by Crippen LogP contribution is -2.37. The summed E-state index contributed by atoms with van der Waals surface area (Å²) in [6.07, 6.45) is 7.46. The number of aryl methyl sites for hydroxylation is 1. The summed E-state index contributed by atoms with van der Waals surface area (Å²) in [6, 6.07) is 3.75. The minimum atomic E-state index is -0.0888. The van der Waals surface area contributed by atoms with Crippen LogP contribution < -0.4 is 0 Å². The van der Waals surface area contributed by atoms with Gasteiger partial charge in [0.05, 0.1) is 12.1 Å². The van der Waals surface area contributed by atoms with Gasteiger partial charge in [0.1, 0.15) is 11.5 Å². The molecule has 0 atom stereocenters. The van der Waals surface area contributed by atoms with Gasteiger partial charge >= 0.3 is 0 Å². The Labute approximate surface area is 132 Å². The largest absolute Gasteiger partial charge is 0.441 e. The van der Waals surface area contributed by atoms with E-state index < -0.39 is 0 Å². The predicted octanol–water partition coefficient (Wildman–Crippen LogP) is 1.67. The molecule has 3 aromatic heterocycles. The number of hydrogen-bond acceptors (Lipinski definition) is 5. The predicted molar refractivity (Wildman–Crippen MR) is 81.4 cm³/mol. The molecule has 1 aliphatic heterocycles. The maximum absolute atomic E-state index is 12.5. The summed E-state index contributed by atoms with van der Waals surface area (Å²) in [7, 11) is 1.81. The Hall–Kier alpha value is -2.96. The first kappa shape index (κ1) is 13.7. The topological polar surface area (TPSA) is 77.0 Å². The van der Waals surface area contributed by atoms with Gasteiger partial charge in [-0.1, -0.05) is 0 Å². The van der Waals surface area contributed by atoms with Crippen LogP contribution in [-0.4, -0.2) is 36.9 Å². The molecule has 116 valence electrons. The summed E-state index contributed by atoms with van der Waals surface area (Å²) in [5.74, 6) is 1.74. The van der Waals surface area contributed by atoms with Crippen molar-refractivity contribution in [2.75, 3.05) is 6.54 Å². The molecular weight excluding hydrogens is 294 g/mol. The quantitative estimate of drug-likeness (QED) is 0.719. The van der Waals surface area contributed by atoms with Crippen molar-refractivity contribution < 1.29 is 9.21 Å². The first-order valence-corrected chi connectivity index (χ1v) is 7.38. The van der Waals surface area contributed by atoms with Crippen molar-refractivity contribution >= 4 is 5.91 Å². The monoisotopic (exact) mass is 309 g/mol. The number of carbonyl (C=O) groups is 1. The number of carbonyl (C=O) groups excluding carboxylic acids is 1. The van der Waals surface area contributed by atoms with Crippen molar-refractivity contribution in [3.63, 3.8) is 0 Å². The zero-order valence-corrected chi connectivity index (χ0v) is 12.6. The van der Waals surface area contributed by atoms with Crippen molar-refractivity contribution in [2.24, 2.45) is 7.05 Å². The van der Waals surface area contributed by atoms with Gasteiger partial charge in [0.25, 0.3) is 5.91 Å². The van der Waals surface area contributed by atoms with Crippen molar-refractivity contribution in [2.45, 2.75) is 13.0 Å². The molecule has 7 nitrogen and oxygen atoms in total. The molecule has 0 fully saturated rings. The fourth-order valence-corrected chi connectivity index (χ4v) is 2.70. The van der Waals surface area contributed by atoms with E-state index in [0.717, 1.165) is 17.0 Å². The van der Waals surface area contributed by atoms with Gasteiger partial charge in [0, 0.05) is 44.8 Å². The van der Waals surface area contributed by atoms with Crippen LogP contribution in [0.5, 0.6) is 0 Å². The van der Waals surface area contributed by atoms with Crippen molar-refractivity contribution in [1.29, 1.82) is 0 Å². The lowest BCUT2D eigenvalue weighted by molar-refractivity contribution is 0.0712. The number of rotatable bonds is 2. The summed E-state index contributed by atoms with van der Waals surface area (Å²) < 4.78 is 7.55. The van der Waals surface area contributed by atoms with Gasteiger partial charge in [0.2, 0.25) is 5.89 Å². The van der Waals surface area contributed by atoms with Crippen LogP contribution in [0.4, 0.5) is 0 Å². The van der Waals surface area contributed by atoms with Gasteiger partial charge < -0.3 is 13.9 Å². The molecule has 0 N–H and O–H groups in total. The summed E-state index contributed by atoms with van der Waals surface area (Å²) in [6.45, 7) is 1.03. The molecule has 0 spiro atoms. The highest BCUT2D eigenvalue weighted by Gasteiger charge is 2.28. The van der Waals surface area contributed by atoms with Crippen molar-refractivity contribution in [1.82, 2.24) is 24.4 Å². The third kappa shape index (κ3) is 2.40. The van der Waals surface area contributed by atoms with E-state index in [1.807, 2.05) is 19.2 Å². The molecule has 1 amide bonds. The smallest absolute Gasteiger partial charge is 0.290 e. The molecule has 0 aliphatic carbocycles. The van der Waals surface area contributed by atoms with Crippen LogP contribution in [-0.2, 0) is 20.0 Å². The van der Waals surface area contributed by atoms with Crippen LogP contribution in [0.2, 0.25) is 0 Å². The Morgan fingerprint density at radius 2 is 2.26 bits per heavy atom. The molecule has 0 radical (unpaired) electrons. The van der Waals surface area contributed by atoms with E-state index in [4.69, 9.17) is 4.42 Å². The van der Waals surface area contributed by atoms with Gasteiger partial charge in [-0.15, -0.1) is 0 Å². The van der Waals surface area contributed by atoms with E-state index in [9.17, 15) is 4.79 Å². The Kier molecular flexibility index (Phi) is 3.18. The third-order valence-electron chi connectivity index (χ3n) is 3.94. The van der Waals surface area contributed by atoms with Crippen LogP contribution in [0, 0.1) is 0 Å². The van der Waals surface area contributed by atoms with Crippen LogP contribution in [0.1, 0.15) is 22.1 Å². The van der Waals surface area contributed by atoms with E-state index in [-0.39, 0.29) is 5.91 Å². The SMILES string of the molecule is Cn1ccnc1C(=O)N1CCc2oc(-c3cccnc3)nc2C1. The Bertz CT molecular complexity index is 852. The van der Waals surface area contributed by atoms with Gasteiger partial charge in [0.15, 0.2) is 5.82 Å². The highest BCUT2D eigenvalue weighted by atomic mass is 16.4. The molecular formula is C16H15N5O2. The van der Waals surface area contributed by atoms with E-state index in [1.165, 1.54) is 0 Å². The molecule has 4 heterocycles.